The molecule has 0 unspecified atom stereocenters. The number of carbonyl (C=O) groups is 2. The molecular weight excluding hydrogens is 372 g/mol. The van der Waals surface area contributed by atoms with Crippen LogP contribution in [0.5, 0.6) is 11.5 Å². The van der Waals surface area contributed by atoms with Crippen LogP contribution in [0.3, 0.4) is 0 Å². The van der Waals surface area contributed by atoms with E-state index in [2.05, 4.69) is 10.6 Å². The number of hydrogen-bond donors (Lipinski definition) is 3. The molecule has 152 valence electrons. The summed E-state index contributed by atoms with van der Waals surface area (Å²) in [5, 5.41) is 6.20. The molecular formula is C21H24N4O4. The van der Waals surface area contributed by atoms with Crippen LogP contribution in [0, 0.1) is 0 Å². The Hall–Kier alpha value is -3.68. The third-order valence-electron chi connectivity index (χ3n) is 4.80. The molecule has 3 rings (SSSR count). The molecule has 0 saturated carbocycles. The molecule has 2 aromatic carbocycles. The first-order valence-electron chi connectivity index (χ1n) is 9.10. The number of rotatable bonds is 6. The molecule has 0 saturated heterocycles. The molecule has 0 aromatic heterocycles. The molecule has 8 nitrogen and oxygen atoms in total. The predicted octanol–water partition coefficient (Wildman–Crippen LogP) is 3.40. The van der Waals surface area contributed by atoms with E-state index in [1.807, 2.05) is 19.1 Å². The minimum absolute atomic E-state index is 0.190. The highest BCUT2D eigenvalue weighted by Crippen LogP contribution is 2.42. The van der Waals surface area contributed by atoms with Crippen LogP contribution >= 0.6 is 0 Å². The number of anilines is 3. The van der Waals surface area contributed by atoms with E-state index in [0.29, 0.717) is 34.9 Å². The van der Waals surface area contributed by atoms with E-state index in [0.717, 1.165) is 16.9 Å². The Morgan fingerprint density at radius 1 is 1.14 bits per heavy atom. The zero-order chi connectivity index (χ0) is 21.1. The standard InChI is InChI=1S/C21H24N4O4/c1-5-15(23-12-6-8-13(9-7-12)25(2)21(22)27)19-14-10-17(28-3)18(29-4)11-16(14)24-20(19)26/h6-11,23H,5H2,1-4H3,(H2,22,27)(H,24,26)/b19-15-. The third kappa shape index (κ3) is 3.82. The first kappa shape index (κ1) is 20.1. The number of benzene rings is 2. The van der Waals surface area contributed by atoms with Gasteiger partial charge in [-0.1, -0.05) is 6.92 Å². The van der Waals surface area contributed by atoms with E-state index in [1.165, 1.54) is 4.90 Å². The van der Waals surface area contributed by atoms with E-state index >= 15 is 0 Å². The highest BCUT2D eigenvalue weighted by atomic mass is 16.5. The first-order chi connectivity index (χ1) is 13.9. The number of amides is 3. The van der Waals surface area contributed by atoms with Gasteiger partial charge >= 0.3 is 6.03 Å². The molecule has 1 aliphatic rings. The van der Waals surface area contributed by atoms with Gasteiger partial charge in [0, 0.05) is 35.7 Å². The molecule has 0 spiro atoms. The average Bonchev–Trinajstić information content (AvgIpc) is 3.05. The van der Waals surface area contributed by atoms with Crippen molar-refractivity contribution in [1.82, 2.24) is 0 Å². The van der Waals surface area contributed by atoms with Crippen LogP contribution in [0.25, 0.3) is 5.57 Å². The molecule has 4 N–H and O–H groups in total. The fraction of sp³-hybridized carbons (Fsp3) is 0.238. The normalized spacial score (nSPS) is 14.0. The fourth-order valence-electron chi connectivity index (χ4n) is 3.19. The Morgan fingerprint density at radius 2 is 1.76 bits per heavy atom. The summed E-state index contributed by atoms with van der Waals surface area (Å²) in [6.45, 7) is 1.97. The highest BCUT2D eigenvalue weighted by Gasteiger charge is 2.29. The summed E-state index contributed by atoms with van der Waals surface area (Å²) in [5.41, 5.74) is 9.51. The Balaban J connectivity index is 1.97. The maximum atomic E-state index is 12.7. The van der Waals surface area contributed by atoms with Crippen molar-refractivity contribution in [2.45, 2.75) is 13.3 Å². The van der Waals surface area contributed by atoms with Crippen molar-refractivity contribution in [2.24, 2.45) is 5.73 Å². The number of nitrogens with zero attached hydrogens (tertiary/aromatic N) is 1. The molecule has 0 radical (unpaired) electrons. The molecule has 0 fully saturated rings. The van der Waals surface area contributed by atoms with Gasteiger partial charge in [0.25, 0.3) is 5.91 Å². The summed E-state index contributed by atoms with van der Waals surface area (Å²) in [6.07, 6.45) is 0.611. The van der Waals surface area contributed by atoms with Crippen LogP contribution in [0.4, 0.5) is 21.9 Å². The fourth-order valence-corrected chi connectivity index (χ4v) is 3.19. The quantitative estimate of drug-likeness (QED) is 0.649. The van der Waals surface area contributed by atoms with Crippen molar-refractivity contribution in [3.8, 4) is 11.5 Å². The van der Waals surface area contributed by atoms with E-state index in [4.69, 9.17) is 15.2 Å². The topological polar surface area (TPSA) is 106 Å². The van der Waals surface area contributed by atoms with Crippen LogP contribution in [-0.4, -0.2) is 33.2 Å². The summed E-state index contributed by atoms with van der Waals surface area (Å²) >= 11 is 0. The molecule has 29 heavy (non-hydrogen) atoms. The Morgan fingerprint density at radius 3 is 2.31 bits per heavy atom. The maximum Gasteiger partial charge on any atom is 0.318 e. The van der Waals surface area contributed by atoms with Crippen LogP contribution in [-0.2, 0) is 4.79 Å². The highest BCUT2D eigenvalue weighted by molar-refractivity contribution is 6.32. The predicted molar refractivity (Wildman–Crippen MR) is 113 cm³/mol. The van der Waals surface area contributed by atoms with Crippen molar-refractivity contribution in [3.05, 3.63) is 47.7 Å². The molecule has 0 atom stereocenters. The second kappa shape index (κ2) is 8.14. The van der Waals surface area contributed by atoms with E-state index in [-0.39, 0.29) is 5.91 Å². The number of ether oxygens (including phenoxy) is 2. The zero-order valence-electron chi connectivity index (χ0n) is 16.8. The van der Waals surface area contributed by atoms with Gasteiger partial charge in [-0.15, -0.1) is 0 Å². The van der Waals surface area contributed by atoms with Crippen molar-refractivity contribution in [2.75, 3.05) is 36.8 Å². The summed E-state index contributed by atoms with van der Waals surface area (Å²) in [7, 11) is 4.71. The van der Waals surface area contributed by atoms with Crippen molar-refractivity contribution >= 4 is 34.6 Å². The molecule has 1 heterocycles. The first-order valence-corrected chi connectivity index (χ1v) is 9.10. The maximum absolute atomic E-state index is 12.7. The number of methoxy groups -OCH3 is 2. The number of hydrogen-bond acceptors (Lipinski definition) is 5. The number of carbonyl (C=O) groups excluding carboxylic acids is 2. The van der Waals surface area contributed by atoms with Crippen LogP contribution in [0.2, 0.25) is 0 Å². The summed E-state index contributed by atoms with van der Waals surface area (Å²) in [5.74, 6) is 0.909. The molecule has 0 aliphatic carbocycles. The Kier molecular flexibility index (Phi) is 5.63. The van der Waals surface area contributed by atoms with Gasteiger partial charge in [-0.3, -0.25) is 9.69 Å². The third-order valence-corrected chi connectivity index (χ3v) is 4.80. The van der Waals surface area contributed by atoms with Gasteiger partial charge in [0.1, 0.15) is 0 Å². The van der Waals surface area contributed by atoms with Gasteiger partial charge in [0.05, 0.1) is 25.5 Å². The van der Waals surface area contributed by atoms with E-state index in [1.54, 1.807) is 45.5 Å². The summed E-state index contributed by atoms with van der Waals surface area (Å²) < 4.78 is 10.7. The van der Waals surface area contributed by atoms with Crippen molar-refractivity contribution in [3.63, 3.8) is 0 Å². The SMILES string of the molecule is CC/C(Nc1ccc(N(C)C(N)=O)cc1)=C1/C(=O)Nc2cc(OC)c(OC)cc21. The van der Waals surface area contributed by atoms with Gasteiger partial charge in [-0.05, 0) is 36.8 Å². The molecule has 8 heteroatoms. The second-order valence-corrected chi connectivity index (χ2v) is 6.48. The van der Waals surface area contributed by atoms with Gasteiger partial charge in [0.2, 0.25) is 0 Å². The van der Waals surface area contributed by atoms with E-state index < -0.39 is 6.03 Å². The molecule has 2 aromatic rings. The van der Waals surface area contributed by atoms with Crippen molar-refractivity contribution < 1.29 is 19.1 Å². The minimum Gasteiger partial charge on any atom is -0.493 e. The lowest BCUT2D eigenvalue weighted by Gasteiger charge is -2.16. The van der Waals surface area contributed by atoms with E-state index in [9.17, 15) is 9.59 Å². The Bertz CT molecular complexity index is 983. The van der Waals surface area contributed by atoms with Crippen molar-refractivity contribution in [1.29, 1.82) is 0 Å². The number of nitrogens with two attached hydrogens (primary N) is 1. The van der Waals surface area contributed by atoms with Gasteiger partial charge < -0.3 is 25.8 Å². The summed E-state index contributed by atoms with van der Waals surface area (Å²) in [6, 6.07) is 10.2. The number of fused-ring (bicyclic) bond motifs is 1. The minimum atomic E-state index is -0.536. The lowest BCUT2D eigenvalue weighted by Crippen LogP contribution is -2.31. The van der Waals surface area contributed by atoms with Gasteiger partial charge in [-0.2, -0.15) is 0 Å². The van der Waals surface area contributed by atoms with Crippen LogP contribution in [0.15, 0.2) is 42.1 Å². The van der Waals surface area contributed by atoms with Crippen LogP contribution < -0.4 is 30.7 Å². The number of nitrogens with one attached hydrogen (secondary N) is 2. The lowest BCUT2D eigenvalue weighted by molar-refractivity contribution is -0.110. The number of urea groups is 1. The largest absolute Gasteiger partial charge is 0.493 e. The molecule has 3 amide bonds. The zero-order valence-corrected chi connectivity index (χ0v) is 16.8. The average molecular weight is 396 g/mol. The Labute approximate surface area is 169 Å². The number of primary amides is 1. The molecule has 0 bridgehead atoms. The number of allylic oxidation sites excluding steroid dienone is 1. The second-order valence-electron chi connectivity index (χ2n) is 6.48. The smallest absolute Gasteiger partial charge is 0.318 e. The van der Waals surface area contributed by atoms with Gasteiger partial charge in [-0.25, -0.2) is 4.79 Å². The molecule has 1 aliphatic heterocycles. The monoisotopic (exact) mass is 396 g/mol. The summed E-state index contributed by atoms with van der Waals surface area (Å²) in [4.78, 5) is 25.3. The van der Waals surface area contributed by atoms with Crippen LogP contribution in [0.1, 0.15) is 18.9 Å². The van der Waals surface area contributed by atoms with Gasteiger partial charge in [0.15, 0.2) is 11.5 Å². The lowest BCUT2D eigenvalue weighted by atomic mass is 10.0.